The number of thiazole rings is 1. The molecule has 5 aromatic rings. The second-order valence-corrected chi connectivity index (χ2v) is 11.6. The lowest BCUT2D eigenvalue weighted by atomic mass is 9.71. The minimum absolute atomic E-state index is 0.197. The van der Waals surface area contributed by atoms with E-state index in [-0.39, 0.29) is 4.90 Å². The highest BCUT2D eigenvalue weighted by Gasteiger charge is 2.41. The Balaban J connectivity index is 1.56. The number of nitrogens with zero attached hydrogens (tertiary/aromatic N) is 3. The molecule has 37 heavy (non-hydrogen) atoms. The van der Waals surface area contributed by atoms with Crippen molar-refractivity contribution in [3.05, 3.63) is 130 Å². The summed E-state index contributed by atoms with van der Waals surface area (Å²) in [6, 6.07) is 26.6. The van der Waals surface area contributed by atoms with E-state index >= 15 is 0 Å². The van der Waals surface area contributed by atoms with Crippen molar-refractivity contribution in [3.63, 3.8) is 0 Å². The van der Waals surface area contributed by atoms with Gasteiger partial charge in [0.1, 0.15) is 0 Å². The molecule has 0 bridgehead atoms. The van der Waals surface area contributed by atoms with Crippen molar-refractivity contribution in [2.45, 2.75) is 23.7 Å². The minimum atomic E-state index is -3.96. The lowest BCUT2D eigenvalue weighted by Crippen LogP contribution is -2.33. The zero-order chi connectivity index (χ0) is 25.5. The van der Waals surface area contributed by atoms with Crippen LogP contribution in [0.25, 0.3) is 6.08 Å². The summed E-state index contributed by atoms with van der Waals surface area (Å²) in [5.41, 5.74) is 6.28. The molecule has 0 saturated carbocycles. The van der Waals surface area contributed by atoms with E-state index in [9.17, 15) is 8.42 Å². The van der Waals surface area contributed by atoms with Crippen LogP contribution in [0.1, 0.15) is 28.1 Å². The number of fused-ring (bicyclic) bond motifs is 1. The van der Waals surface area contributed by atoms with Crippen molar-refractivity contribution in [2.75, 3.05) is 5.32 Å². The highest BCUT2D eigenvalue weighted by atomic mass is 32.2. The molecular formula is C29H24N4O2S2. The average Bonchev–Trinajstić information content (AvgIpc) is 3.59. The quantitative estimate of drug-likeness (QED) is 0.287. The number of aromatic nitrogens is 3. The number of nitrogens with one attached hydrogen (secondary N) is 1. The van der Waals surface area contributed by atoms with E-state index in [1.54, 1.807) is 24.3 Å². The summed E-state index contributed by atoms with van der Waals surface area (Å²) >= 11 is 1.52. The Kier molecular flexibility index (Phi) is 5.78. The number of rotatable bonds is 6. The fourth-order valence-electron chi connectivity index (χ4n) is 4.78. The number of para-hydroxylation sites is 1. The van der Waals surface area contributed by atoms with E-state index in [4.69, 9.17) is 0 Å². The van der Waals surface area contributed by atoms with Crippen LogP contribution >= 0.6 is 11.3 Å². The Bertz CT molecular complexity index is 1680. The van der Waals surface area contributed by atoms with Gasteiger partial charge < -0.3 is 5.32 Å². The third kappa shape index (κ3) is 4.08. The second-order valence-electron chi connectivity index (χ2n) is 9.08. The SMILES string of the molecule is Cc1ccc(S(=O)(=O)n2nc(Nc3ccccc3)c3c2CC(c2ccccc2)(c2cscn2)C=C3)cc1. The molecule has 0 fully saturated rings. The van der Waals surface area contributed by atoms with E-state index in [2.05, 4.69) is 33.6 Å². The number of anilines is 2. The minimum Gasteiger partial charge on any atom is -0.338 e. The van der Waals surface area contributed by atoms with Crippen molar-refractivity contribution in [2.24, 2.45) is 0 Å². The lowest BCUT2D eigenvalue weighted by molar-refractivity contribution is 0.561. The molecule has 6 nitrogen and oxygen atoms in total. The Hall–Kier alpha value is -4.01. The molecular weight excluding hydrogens is 500 g/mol. The molecule has 1 aliphatic rings. The number of benzene rings is 3. The number of hydrogen-bond donors (Lipinski definition) is 1. The zero-order valence-corrected chi connectivity index (χ0v) is 21.7. The van der Waals surface area contributed by atoms with Gasteiger partial charge in [-0.15, -0.1) is 16.4 Å². The average molecular weight is 525 g/mol. The van der Waals surface area contributed by atoms with Crippen LogP contribution in [0, 0.1) is 6.92 Å². The summed E-state index contributed by atoms with van der Waals surface area (Å²) in [7, 11) is -3.96. The first-order valence-corrected chi connectivity index (χ1v) is 14.3. The zero-order valence-electron chi connectivity index (χ0n) is 20.1. The van der Waals surface area contributed by atoms with Crippen LogP contribution < -0.4 is 5.32 Å². The van der Waals surface area contributed by atoms with Crippen molar-refractivity contribution < 1.29 is 8.42 Å². The van der Waals surface area contributed by atoms with Crippen molar-refractivity contribution in [3.8, 4) is 0 Å². The molecule has 2 heterocycles. The van der Waals surface area contributed by atoms with Gasteiger partial charge in [-0.25, -0.2) is 4.98 Å². The topological polar surface area (TPSA) is 76.9 Å². The smallest absolute Gasteiger partial charge is 0.283 e. The Labute approximate surface area is 220 Å². The second kappa shape index (κ2) is 9.14. The molecule has 184 valence electrons. The summed E-state index contributed by atoms with van der Waals surface area (Å²) in [5.74, 6) is 0.494. The molecule has 0 amide bonds. The molecule has 1 N–H and O–H groups in total. The number of hydrogen-bond acceptors (Lipinski definition) is 6. The maximum atomic E-state index is 14.0. The van der Waals surface area contributed by atoms with Gasteiger partial charge in [0.2, 0.25) is 0 Å². The first-order valence-electron chi connectivity index (χ1n) is 11.9. The largest absolute Gasteiger partial charge is 0.338 e. The fourth-order valence-corrected chi connectivity index (χ4v) is 6.74. The summed E-state index contributed by atoms with van der Waals surface area (Å²) in [6.45, 7) is 1.93. The summed E-state index contributed by atoms with van der Waals surface area (Å²) in [5, 5.41) is 10.0. The summed E-state index contributed by atoms with van der Waals surface area (Å²) in [4.78, 5) is 4.87. The van der Waals surface area contributed by atoms with Crippen LogP contribution in [0.5, 0.6) is 0 Å². The van der Waals surface area contributed by atoms with E-state index in [0.29, 0.717) is 17.9 Å². The third-order valence-electron chi connectivity index (χ3n) is 6.73. The summed E-state index contributed by atoms with van der Waals surface area (Å²) in [6.07, 6.45) is 4.49. The van der Waals surface area contributed by atoms with Crippen LogP contribution in [-0.2, 0) is 21.9 Å². The molecule has 2 aromatic heterocycles. The maximum Gasteiger partial charge on any atom is 0.283 e. The third-order valence-corrected chi connectivity index (χ3v) is 8.94. The first-order chi connectivity index (χ1) is 18.0. The molecule has 0 saturated heterocycles. The molecule has 6 rings (SSSR count). The van der Waals surface area contributed by atoms with E-state index in [1.807, 2.05) is 72.4 Å². The van der Waals surface area contributed by atoms with Crippen LogP contribution in [-0.4, -0.2) is 22.6 Å². The van der Waals surface area contributed by atoms with Gasteiger partial charge >= 0.3 is 0 Å². The lowest BCUT2D eigenvalue weighted by Gasteiger charge is -2.33. The standard InChI is InChI=1S/C29H24N4O2S2/c1-21-12-14-24(15-13-21)37(34,35)33-26-18-29(27-19-36-20-30-27,22-8-4-2-5-9-22)17-16-25(26)28(32-33)31-23-10-6-3-7-11-23/h2-17,19-20H,18H2,1H3,(H,31,32). The molecule has 1 aliphatic carbocycles. The molecule has 0 aliphatic heterocycles. The van der Waals surface area contributed by atoms with Crippen LogP contribution in [0.3, 0.4) is 0 Å². The summed E-state index contributed by atoms with van der Waals surface area (Å²) < 4.78 is 29.1. The number of aryl methyl sites for hydroxylation is 1. The monoisotopic (exact) mass is 524 g/mol. The van der Waals surface area contributed by atoms with Crippen molar-refractivity contribution in [1.29, 1.82) is 0 Å². The van der Waals surface area contributed by atoms with Crippen LogP contribution in [0.4, 0.5) is 11.5 Å². The molecule has 3 aromatic carbocycles. The van der Waals surface area contributed by atoms with E-state index < -0.39 is 15.4 Å². The normalized spacial score (nSPS) is 16.9. The Morgan fingerprint density at radius 2 is 1.65 bits per heavy atom. The van der Waals surface area contributed by atoms with Gasteiger partial charge in [0.15, 0.2) is 5.82 Å². The molecule has 8 heteroatoms. The Morgan fingerprint density at radius 3 is 2.32 bits per heavy atom. The first kappa shape index (κ1) is 23.4. The Morgan fingerprint density at radius 1 is 0.946 bits per heavy atom. The molecule has 1 unspecified atom stereocenters. The molecule has 1 atom stereocenters. The van der Waals surface area contributed by atoms with Gasteiger partial charge in [0.25, 0.3) is 10.0 Å². The fraction of sp³-hybridized carbons (Fsp3) is 0.103. The molecule has 0 radical (unpaired) electrons. The van der Waals surface area contributed by atoms with Gasteiger partial charge in [0.05, 0.1) is 27.2 Å². The van der Waals surface area contributed by atoms with Gasteiger partial charge in [0, 0.05) is 23.1 Å². The van der Waals surface area contributed by atoms with E-state index in [0.717, 1.165) is 28.1 Å². The van der Waals surface area contributed by atoms with Gasteiger partial charge in [-0.2, -0.15) is 12.5 Å². The highest BCUT2D eigenvalue weighted by molar-refractivity contribution is 7.89. The van der Waals surface area contributed by atoms with Crippen LogP contribution in [0.2, 0.25) is 0 Å². The predicted molar refractivity (Wildman–Crippen MR) is 148 cm³/mol. The number of allylic oxidation sites excluding steroid dienone is 1. The van der Waals surface area contributed by atoms with Crippen molar-refractivity contribution >= 4 is 38.9 Å². The predicted octanol–water partition coefficient (Wildman–Crippen LogP) is 6.18. The van der Waals surface area contributed by atoms with Gasteiger partial charge in [-0.3, -0.25) is 0 Å². The van der Waals surface area contributed by atoms with E-state index in [1.165, 1.54) is 15.4 Å². The maximum absolute atomic E-state index is 14.0. The van der Waals surface area contributed by atoms with Gasteiger partial charge in [-0.05, 0) is 36.8 Å². The molecule has 0 spiro atoms. The van der Waals surface area contributed by atoms with Crippen molar-refractivity contribution in [1.82, 2.24) is 14.2 Å². The van der Waals surface area contributed by atoms with Gasteiger partial charge in [-0.1, -0.05) is 78.4 Å². The highest BCUT2D eigenvalue weighted by Crippen LogP contribution is 2.44. The van der Waals surface area contributed by atoms with Crippen LogP contribution in [0.15, 0.2) is 107 Å².